The maximum absolute atomic E-state index is 11.7. The van der Waals surface area contributed by atoms with Gasteiger partial charge in [0, 0.05) is 13.6 Å². The largest absolute Gasteiger partial charge is 0.382 e. The third kappa shape index (κ3) is 3.88. The van der Waals surface area contributed by atoms with Crippen molar-refractivity contribution in [1.82, 2.24) is 15.6 Å². The molecule has 0 atom stereocenters. The molecule has 7 nitrogen and oxygen atoms in total. The third-order valence-electron chi connectivity index (χ3n) is 2.07. The second kappa shape index (κ2) is 6.80. The Morgan fingerprint density at radius 1 is 1.44 bits per heavy atom. The van der Waals surface area contributed by atoms with E-state index >= 15 is 0 Å². The standard InChI is InChI=1S/C10H17N5O2S/c1-3-4-13-10-15-8(11)7(18-10)9(17)14-5-6(16)12-2/h3-5,11H2,1-2H3,(H,12,16)(H,13,15)(H,14,17). The van der Waals surface area contributed by atoms with Gasteiger partial charge < -0.3 is 21.7 Å². The van der Waals surface area contributed by atoms with Crippen LogP contribution in [0.2, 0.25) is 0 Å². The first-order valence-electron chi connectivity index (χ1n) is 5.57. The molecule has 5 N–H and O–H groups in total. The second-order valence-corrected chi connectivity index (χ2v) is 4.52. The van der Waals surface area contributed by atoms with Gasteiger partial charge in [0.1, 0.15) is 10.7 Å². The number of anilines is 2. The van der Waals surface area contributed by atoms with E-state index in [9.17, 15) is 9.59 Å². The lowest BCUT2D eigenvalue weighted by atomic mass is 10.4. The molecule has 1 aromatic rings. The monoisotopic (exact) mass is 271 g/mol. The van der Waals surface area contributed by atoms with Crippen molar-refractivity contribution < 1.29 is 9.59 Å². The van der Waals surface area contributed by atoms with Gasteiger partial charge >= 0.3 is 0 Å². The van der Waals surface area contributed by atoms with Gasteiger partial charge in [0.2, 0.25) is 5.91 Å². The fourth-order valence-corrected chi connectivity index (χ4v) is 1.96. The highest BCUT2D eigenvalue weighted by Gasteiger charge is 2.16. The summed E-state index contributed by atoms with van der Waals surface area (Å²) in [5.74, 6) is -0.484. The fourth-order valence-electron chi connectivity index (χ4n) is 1.13. The molecular weight excluding hydrogens is 254 g/mol. The van der Waals surface area contributed by atoms with Crippen LogP contribution in [0.4, 0.5) is 10.9 Å². The van der Waals surface area contributed by atoms with Gasteiger partial charge in [-0.2, -0.15) is 0 Å². The smallest absolute Gasteiger partial charge is 0.265 e. The Hall–Kier alpha value is -1.83. The number of hydrogen-bond donors (Lipinski definition) is 4. The van der Waals surface area contributed by atoms with Crippen molar-refractivity contribution in [3.8, 4) is 0 Å². The van der Waals surface area contributed by atoms with Crippen molar-refractivity contribution in [2.75, 3.05) is 31.2 Å². The zero-order valence-corrected chi connectivity index (χ0v) is 11.2. The predicted molar refractivity (Wildman–Crippen MR) is 71.7 cm³/mol. The number of aromatic nitrogens is 1. The van der Waals surface area contributed by atoms with Gasteiger partial charge in [-0.15, -0.1) is 0 Å². The predicted octanol–water partition coefficient (Wildman–Crippen LogP) is 0.0230. The number of nitrogens with one attached hydrogen (secondary N) is 3. The summed E-state index contributed by atoms with van der Waals surface area (Å²) in [6.45, 7) is 2.72. The Balaban J connectivity index is 2.62. The number of nitrogens with two attached hydrogens (primary N) is 1. The lowest BCUT2D eigenvalue weighted by Gasteiger charge is -2.02. The summed E-state index contributed by atoms with van der Waals surface area (Å²) in [7, 11) is 1.50. The van der Waals surface area contributed by atoms with Gasteiger partial charge in [-0.05, 0) is 6.42 Å². The Bertz CT molecular complexity index is 432. The second-order valence-electron chi connectivity index (χ2n) is 3.52. The first-order valence-corrected chi connectivity index (χ1v) is 6.39. The first kappa shape index (κ1) is 14.2. The minimum atomic E-state index is -0.391. The quantitative estimate of drug-likeness (QED) is 0.583. The van der Waals surface area contributed by atoms with Gasteiger partial charge in [0.15, 0.2) is 5.13 Å². The van der Waals surface area contributed by atoms with Gasteiger partial charge in [-0.1, -0.05) is 18.3 Å². The van der Waals surface area contributed by atoms with Gasteiger partial charge in [-0.25, -0.2) is 4.98 Å². The SMILES string of the molecule is CCCNc1nc(N)c(C(=O)NCC(=O)NC)s1. The Morgan fingerprint density at radius 2 is 2.17 bits per heavy atom. The van der Waals surface area contributed by atoms with Gasteiger partial charge in [0.25, 0.3) is 5.91 Å². The Labute approximate surface area is 109 Å². The number of hydrogen-bond acceptors (Lipinski definition) is 6. The molecule has 1 aromatic heterocycles. The van der Waals surface area contributed by atoms with E-state index in [4.69, 9.17) is 5.73 Å². The average molecular weight is 271 g/mol. The van der Waals surface area contributed by atoms with Crippen LogP contribution in [0.3, 0.4) is 0 Å². The Kier molecular flexibility index (Phi) is 5.37. The summed E-state index contributed by atoms with van der Waals surface area (Å²) in [6, 6.07) is 0. The van der Waals surface area contributed by atoms with Crippen LogP contribution in [0.5, 0.6) is 0 Å². The number of nitrogen functional groups attached to an aromatic ring is 1. The van der Waals surface area contributed by atoms with Crippen LogP contribution in [-0.2, 0) is 4.79 Å². The number of likely N-dealkylation sites (N-methyl/N-ethyl adjacent to an activating group) is 1. The van der Waals surface area contributed by atoms with E-state index in [1.807, 2.05) is 6.92 Å². The summed E-state index contributed by atoms with van der Waals surface area (Å²) in [5.41, 5.74) is 5.65. The summed E-state index contributed by atoms with van der Waals surface area (Å²) >= 11 is 1.18. The summed E-state index contributed by atoms with van der Waals surface area (Å²) in [5, 5.41) is 8.55. The van der Waals surface area contributed by atoms with Crippen molar-refractivity contribution in [3.63, 3.8) is 0 Å². The van der Waals surface area contributed by atoms with Crippen LogP contribution in [0.1, 0.15) is 23.0 Å². The van der Waals surface area contributed by atoms with E-state index in [-0.39, 0.29) is 18.3 Å². The number of thiazole rings is 1. The van der Waals surface area contributed by atoms with Crippen LogP contribution in [-0.4, -0.2) is 36.9 Å². The molecule has 0 radical (unpaired) electrons. The number of rotatable bonds is 6. The molecule has 0 saturated heterocycles. The van der Waals surface area contributed by atoms with E-state index < -0.39 is 5.91 Å². The van der Waals surface area contributed by atoms with E-state index in [1.165, 1.54) is 18.4 Å². The summed E-state index contributed by atoms with van der Waals surface area (Å²) in [6.07, 6.45) is 0.956. The fraction of sp³-hybridized carbons (Fsp3) is 0.500. The first-order chi connectivity index (χ1) is 8.58. The molecule has 0 aliphatic carbocycles. The zero-order chi connectivity index (χ0) is 13.5. The molecule has 0 aliphatic heterocycles. The molecular formula is C10H17N5O2S. The minimum absolute atomic E-state index is 0.0790. The summed E-state index contributed by atoms with van der Waals surface area (Å²) in [4.78, 5) is 27.1. The average Bonchev–Trinajstić information content (AvgIpc) is 2.74. The number of amides is 2. The van der Waals surface area contributed by atoms with E-state index in [2.05, 4.69) is 20.9 Å². The molecule has 0 unspecified atom stereocenters. The highest BCUT2D eigenvalue weighted by molar-refractivity contribution is 7.18. The number of carbonyl (C=O) groups is 2. The molecule has 0 aromatic carbocycles. The van der Waals surface area contributed by atoms with E-state index in [0.717, 1.165) is 13.0 Å². The molecule has 0 spiro atoms. The summed E-state index contributed by atoms with van der Waals surface area (Å²) < 4.78 is 0. The van der Waals surface area contributed by atoms with Crippen molar-refractivity contribution in [3.05, 3.63) is 4.88 Å². The van der Waals surface area contributed by atoms with Gasteiger partial charge in [-0.3, -0.25) is 9.59 Å². The lowest BCUT2D eigenvalue weighted by Crippen LogP contribution is -2.35. The van der Waals surface area contributed by atoms with Crippen LogP contribution < -0.4 is 21.7 Å². The van der Waals surface area contributed by atoms with E-state index in [0.29, 0.717) is 10.0 Å². The topological polar surface area (TPSA) is 109 Å². The molecule has 18 heavy (non-hydrogen) atoms. The highest BCUT2D eigenvalue weighted by Crippen LogP contribution is 2.24. The van der Waals surface area contributed by atoms with E-state index in [1.54, 1.807) is 0 Å². The number of carbonyl (C=O) groups excluding carboxylic acids is 2. The molecule has 1 heterocycles. The normalized spacial score (nSPS) is 9.89. The molecule has 1 rings (SSSR count). The molecule has 0 saturated carbocycles. The zero-order valence-electron chi connectivity index (χ0n) is 10.4. The maximum Gasteiger partial charge on any atom is 0.265 e. The van der Waals surface area contributed by atoms with Crippen molar-refractivity contribution >= 4 is 34.1 Å². The van der Waals surface area contributed by atoms with Crippen molar-refractivity contribution in [2.24, 2.45) is 0 Å². The molecule has 100 valence electrons. The molecule has 2 amide bonds. The molecule has 8 heteroatoms. The van der Waals surface area contributed by atoms with Crippen LogP contribution >= 0.6 is 11.3 Å². The van der Waals surface area contributed by atoms with Crippen LogP contribution in [0.15, 0.2) is 0 Å². The van der Waals surface area contributed by atoms with Crippen molar-refractivity contribution in [1.29, 1.82) is 0 Å². The minimum Gasteiger partial charge on any atom is -0.382 e. The molecule has 0 fully saturated rings. The van der Waals surface area contributed by atoms with Gasteiger partial charge in [0.05, 0.1) is 6.54 Å². The lowest BCUT2D eigenvalue weighted by molar-refractivity contribution is -0.119. The maximum atomic E-state index is 11.7. The molecule has 0 aliphatic rings. The van der Waals surface area contributed by atoms with Crippen LogP contribution in [0.25, 0.3) is 0 Å². The highest BCUT2D eigenvalue weighted by atomic mass is 32.1. The molecule has 0 bridgehead atoms. The Morgan fingerprint density at radius 3 is 2.78 bits per heavy atom. The van der Waals surface area contributed by atoms with Crippen LogP contribution in [0, 0.1) is 0 Å². The third-order valence-corrected chi connectivity index (χ3v) is 3.10. The number of nitrogens with zero attached hydrogens (tertiary/aromatic N) is 1. The van der Waals surface area contributed by atoms with Crippen molar-refractivity contribution in [2.45, 2.75) is 13.3 Å².